The number of para-hydroxylation sites is 1. The fourth-order valence-electron chi connectivity index (χ4n) is 4.07. The third-order valence-corrected chi connectivity index (χ3v) is 6.18. The van der Waals surface area contributed by atoms with Crippen LogP contribution in [-0.2, 0) is 9.53 Å². The Bertz CT molecular complexity index is 1100. The molecule has 0 bridgehead atoms. The van der Waals surface area contributed by atoms with Gasteiger partial charge < -0.3 is 24.6 Å². The number of benzene rings is 2. The van der Waals surface area contributed by atoms with E-state index in [2.05, 4.69) is 10.2 Å². The molecule has 0 aliphatic carbocycles. The predicted molar refractivity (Wildman–Crippen MR) is 142 cm³/mol. The van der Waals surface area contributed by atoms with Crippen LogP contribution >= 0.6 is 0 Å². The Hall–Kier alpha value is -3.92. The summed E-state index contributed by atoms with van der Waals surface area (Å²) < 4.78 is 23.6. The first-order chi connectivity index (χ1) is 18.4. The molecule has 3 amide bonds. The maximum absolute atomic E-state index is 13.4. The van der Waals surface area contributed by atoms with Gasteiger partial charge in [-0.15, -0.1) is 0 Å². The predicted octanol–water partition coefficient (Wildman–Crippen LogP) is 2.88. The van der Waals surface area contributed by atoms with Crippen molar-refractivity contribution < 1.29 is 28.2 Å². The van der Waals surface area contributed by atoms with Crippen LogP contribution in [0.1, 0.15) is 22.8 Å². The fraction of sp³-hybridized carbons (Fsp3) is 0.393. The molecule has 3 rings (SSSR count). The quantitative estimate of drug-likeness (QED) is 0.453. The van der Waals surface area contributed by atoms with Crippen molar-refractivity contribution in [3.63, 3.8) is 0 Å². The van der Waals surface area contributed by atoms with Gasteiger partial charge in [-0.1, -0.05) is 30.4 Å². The first-order valence-electron chi connectivity index (χ1n) is 12.7. The Kier molecular flexibility index (Phi) is 11.1. The Morgan fingerprint density at radius 1 is 1.05 bits per heavy atom. The van der Waals surface area contributed by atoms with Gasteiger partial charge in [-0.3, -0.25) is 14.5 Å². The van der Waals surface area contributed by atoms with Crippen molar-refractivity contribution in [2.24, 2.45) is 0 Å². The average Bonchev–Trinajstić information content (AvgIpc) is 2.94. The fourth-order valence-corrected chi connectivity index (χ4v) is 4.07. The van der Waals surface area contributed by atoms with E-state index < -0.39 is 11.8 Å². The van der Waals surface area contributed by atoms with Gasteiger partial charge in [-0.2, -0.15) is 0 Å². The molecular formula is C28H35FN4O5. The van der Waals surface area contributed by atoms with E-state index in [1.165, 1.54) is 24.3 Å². The Labute approximate surface area is 222 Å². The van der Waals surface area contributed by atoms with E-state index in [1.807, 2.05) is 36.4 Å². The maximum Gasteiger partial charge on any atom is 0.325 e. The highest BCUT2D eigenvalue weighted by Crippen LogP contribution is 2.19. The molecule has 1 aliphatic rings. The standard InChI is InChI=1S/C28H35FN4O5/c1-3-38-26(34)21-30-28(36)33-19-16-31(17-20-33)15-18-32(27(35)23-10-12-24(29)13-11-23)14-6-8-22-7-4-5-9-25(22)37-2/h4-13H,3,14-21H2,1-2H3,(H,30,36)/b8-6+. The number of halogens is 1. The molecule has 38 heavy (non-hydrogen) atoms. The molecule has 0 spiro atoms. The molecule has 10 heteroatoms. The number of methoxy groups -OCH3 is 1. The summed E-state index contributed by atoms with van der Waals surface area (Å²) in [5.74, 6) is -0.311. The molecule has 9 nitrogen and oxygen atoms in total. The lowest BCUT2D eigenvalue weighted by atomic mass is 10.1. The zero-order chi connectivity index (χ0) is 27.3. The summed E-state index contributed by atoms with van der Waals surface area (Å²) in [5.41, 5.74) is 1.32. The molecule has 1 heterocycles. The molecule has 0 aromatic heterocycles. The van der Waals surface area contributed by atoms with Crippen molar-refractivity contribution in [2.75, 3.05) is 66.1 Å². The summed E-state index contributed by atoms with van der Waals surface area (Å²) in [6, 6.07) is 12.9. The van der Waals surface area contributed by atoms with E-state index in [-0.39, 0.29) is 25.1 Å². The van der Waals surface area contributed by atoms with Gasteiger partial charge in [0.25, 0.3) is 5.91 Å². The Balaban J connectivity index is 1.57. The van der Waals surface area contributed by atoms with E-state index >= 15 is 0 Å². The lowest BCUT2D eigenvalue weighted by Gasteiger charge is -2.35. The second-order valence-electron chi connectivity index (χ2n) is 8.69. The molecule has 204 valence electrons. The largest absolute Gasteiger partial charge is 0.496 e. The van der Waals surface area contributed by atoms with Crippen LogP contribution in [0.4, 0.5) is 9.18 Å². The van der Waals surface area contributed by atoms with Crippen LogP contribution in [-0.4, -0.2) is 98.7 Å². The topological polar surface area (TPSA) is 91.4 Å². The minimum atomic E-state index is -0.467. The third-order valence-electron chi connectivity index (χ3n) is 6.18. The van der Waals surface area contributed by atoms with Gasteiger partial charge in [-0.25, -0.2) is 9.18 Å². The first-order valence-corrected chi connectivity index (χ1v) is 12.7. The molecule has 0 radical (unpaired) electrons. The highest BCUT2D eigenvalue weighted by Gasteiger charge is 2.23. The van der Waals surface area contributed by atoms with E-state index in [0.29, 0.717) is 51.4 Å². The maximum atomic E-state index is 13.4. The molecule has 1 fully saturated rings. The summed E-state index contributed by atoms with van der Waals surface area (Å²) in [4.78, 5) is 42.6. The van der Waals surface area contributed by atoms with Crippen LogP contribution in [0.3, 0.4) is 0 Å². The van der Waals surface area contributed by atoms with Gasteiger partial charge in [0.1, 0.15) is 18.1 Å². The number of nitrogens with one attached hydrogen (secondary N) is 1. The van der Waals surface area contributed by atoms with Crippen LogP contribution in [0.25, 0.3) is 6.08 Å². The first kappa shape index (κ1) is 28.6. The molecule has 1 N–H and O–H groups in total. The molecular weight excluding hydrogens is 491 g/mol. The van der Waals surface area contributed by atoms with Gasteiger partial charge in [0.15, 0.2) is 0 Å². The molecule has 1 saturated heterocycles. The number of urea groups is 1. The molecule has 2 aromatic carbocycles. The van der Waals surface area contributed by atoms with Gasteiger partial charge >= 0.3 is 12.0 Å². The summed E-state index contributed by atoms with van der Waals surface area (Å²) in [6.07, 6.45) is 3.82. The van der Waals surface area contributed by atoms with Crippen molar-refractivity contribution >= 4 is 24.0 Å². The highest BCUT2D eigenvalue weighted by molar-refractivity contribution is 5.94. The molecule has 0 unspecified atom stereocenters. The molecule has 0 saturated carbocycles. The highest BCUT2D eigenvalue weighted by atomic mass is 19.1. The number of amides is 3. The molecule has 1 aliphatic heterocycles. The lowest BCUT2D eigenvalue weighted by molar-refractivity contribution is -0.141. The van der Waals surface area contributed by atoms with E-state index in [0.717, 1.165) is 11.3 Å². The second-order valence-corrected chi connectivity index (χ2v) is 8.69. The number of esters is 1. The van der Waals surface area contributed by atoms with Crippen molar-refractivity contribution in [1.82, 2.24) is 20.0 Å². The Morgan fingerprint density at radius 3 is 2.45 bits per heavy atom. The van der Waals surface area contributed by atoms with Crippen LogP contribution in [0.15, 0.2) is 54.6 Å². The number of carbonyl (C=O) groups is 3. The van der Waals surface area contributed by atoms with E-state index in [9.17, 15) is 18.8 Å². The number of carbonyl (C=O) groups excluding carboxylic acids is 3. The molecule has 0 atom stereocenters. The minimum Gasteiger partial charge on any atom is -0.496 e. The smallest absolute Gasteiger partial charge is 0.325 e. The van der Waals surface area contributed by atoms with Crippen LogP contribution in [0.2, 0.25) is 0 Å². The van der Waals surface area contributed by atoms with Crippen molar-refractivity contribution in [3.8, 4) is 5.75 Å². The number of ether oxygens (including phenoxy) is 2. The lowest BCUT2D eigenvalue weighted by Crippen LogP contribution is -2.53. The third kappa shape index (κ3) is 8.58. The van der Waals surface area contributed by atoms with Crippen LogP contribution < -0.4 is 10.1 Å². The number of hydrogen-bond acceptors (Lipinski definition) is 6. The minimum absolute atomic E-state index is 0.157. The summed E-state index contributed by atoms with van der Waals surface area (Å²) in [5, 5.41) is 2.58. The van der Waals surface area contributed by atoms with Gasteiger partial charge in [0.05, 0.1) is 13.7 Å². The average molecular weight is 527 g/mol. The van der Waals surface area contributed by atoms with Crippen molar-refractivity contribution in [3.05, 3.63) is 71.6 Å². The van der Waals surface area contributed by atoms with E-state index in [1.54, 1.807) is 23.8 Å². The van der Waals surface area contributed by atoms with Gasteiger partial charge in [0, 0.05) is 56.9 Å². The van der Waals surface area contributed by atoms with Gasteiger partial charge in [0.2, 0.25) is 0 Å². The zero-order valence-electron chi connectivity index (χ0n) is 21.9. The number of hydrogen-bond donors (Lipinski definition) is 1. The zero-order valence-corrected chi connectivity index (χ0v) is 21.9. The van der Waals surface area contributed by atoms with Crippen LogP contribution in [0, 0.1) is 5.82 Å². The second kappa shape index (κ2) is 14.7. The monoisotopic (exact) mass is 526 g/mol. The summed E-state index contributed by atoms with van der Waals surface area (Å²) in [7, 11) is 1.61. The summed E-state index contributed by atoms with van der Waals surface area (Å²) in [6.45, 7) is 5.57. The van der Waals surface area contributed by atoms with E-state index in [4.69, 9.17) is 9.47 Å². The summed E-state index contributed by atoms with van der Waals surface area (Å²) >= 11 is 0. The van der Waals surface area contributed by atoms with Crippen LogP contribution in [0.5, 0.6) is 5.75 Å². The normalized spacial score (nSPS) is 13.8. The number of rotatable bonds is 11. The SMILES string of the molecule is CCOC(=O)CNC(=O)N1CCN(CCN(C/C=C/c2ccccc2OC)C(=O)c2ccc(F)cc2)CC1. The number of nitrogens with zero attached hydrogens (tertiary/aromatic N) is 3. The van der Waals surface area contributed by atoms with Gasteiger partial charge in [-0.05, 0) is 37.3 Å². The molecule has 2 aromatic rings. The van der Waals surface area contributed by atoms with Crippen molar-refractivity contribution in [1.29, 1.82) is 0 Å². The number of piperazine rings is 1. The Morgan fingerprint density at radius 2 is 1.76 bits per heavy atom. The van der Waals surface area contributed by atoms with Crippen molar-refractivity contribution in [2.45, 2.75) is 6.92 Å².